The third-order valence-corrected chi connectivity index (χ3v) is 24.2. The van der Waals surface area contributed by atoms with Crippen molar-refractivity contribution in [1.29, 1.82) is 5.41 Å². The first-order valence-corrected chi connectivity index (χ1v) is 42.7. The van der Waals surface area contributed by atoms with Gasteiger partial charge in [0.15, 0.2) is 23.4 Å². The number of amides is 5. The lowest BCUT2D eigenvalue weighted by molar-refractivity contribution is -0.468. The molecule has 618 valence electrons. The number of likely N-dealkylation sites (tertiary alicyclic amines) is 1. The van der Waals surface area contributed by atoms with Crippen molar-refractivity contribution in [2.24, 2.45) is 10.8 Å². The summed E-state index contributed by atoms with van der Waals surface area (Å²) >= 11 is 3.45. The lowest BCUT2D eigenvalue weighted by Gasteiger charge is -2.33. The van der Waals surface area contributed by atoms with E-state index in [0.717, 1.165) is 80.9 Å². The smallest absolute Gasteiger partial charge is 0.295 e. The average molecular weight is 1720 g/mol. The molecule has 4 aromatic rings. The zero-order valence-corrected chi connectivity index (χ0v) is 73.4. The van der Waals surface area contributed by atoms with E-state index in [-0.39, 0.29) is 134 Å². The van der Waals surface area contributed by atoms with Crippen molar-refractivity contribution < 1.29 is 66.4 Å². The van der Waals surface area contributed by atoms with Crippen LogP contribution in [0.5, 0.6) is 0 Å². The molecule has 10 rings (SSSR count). The van der Waals surface area contributed by atoms with Gasteiger partial charge < -0.3 is 44.5 Å². The molecule has 0 bridgehead atoms. The average Bonchev–Trinajstić information content (AvgIpc) is 1.60. The van der Waals surface area contributed by atoms with Gasteiger partial charge in [-0.05, 0) is 133 Å². The lowest BCUT2D eigenvalue weighted by Crippen LogP contribution is -2.47. The molecule has 21 nitrogen and oxygen atoms in total. The molecule has 4 aromatic carbocycles. The SMILES string of the molecule is [C-]#[N+]C(=C=N)C1=C(C=C2C=C(C(C)(C)C)OC(C(C)(C)C)=C2)C(=O)C1=CC1=[N+](C(CCCC)C(=O)NCCN2C(=O)CC(SCC(NC(=O)CCOCCOCCOCCNC(=O)C(CCCC)N3\C(=C/C=C/C=C/C=C/C4=[N+](C)c5ccc(I)cc5C4(C)C)C(C)(C)c4c3ccc3ccccc43)OC=O)C2=O)c2ccccc2C1(C)C. The van der Waals surface area contributed by atoms with Gasteiger partial charge in [-0.2, -0.15) is 9.15 Å². The highest BCUT2D eigenvalue weighted by molar-refractivity contribution is 14.1. The number of anilines is 1. The number of carbonyl (C=O) groups is 7. The highest BCUT2D eigenvalue weighted by atomic mass is 127. The van der Waals surface area contributed by atoms with Crippen LogP contribution in [0.15, 0.2) is 191 Å². The van der Waals surface area contributed by atoms with Crippen LogP contribution in [-0.2, 0) is 73.5 Å². The van der Waals surface area contributed by atoms with E-state index in [9.17, 15) is 33.6 Å². The van der Waals surface area contributed by atoms with Crippen molar-refractivity contribution in [3.05, 3.63) is 223 Å². The highest BCUT2D eigenvalue weighted by Gasteiger charge is 2.52. The van der Waals surface area contributed by atoms with Gasteiger partial charge in [-0.25, -0.2) is 4.85 Å². The number of hydrogen-bond donors (Lipinski definition) is 4. The molecule has 0 spiro atoms. The molecule has 0 aromatic heterocycles. The Morgan fingerprint density at radius 2 is 1.40 bits per heavy atom. The number of unbranched alkanes of at least 4 members (excludes halogenated alkanes) is 2. The summed E-state index contributed by atoms with van der Waals surface area (Å²) in [6.45, 7) is 39.2. The molecule has 1 aliphatic carbocycles. The molecule has 4 N–H and O–H groups in total. The Morgan fingerprint density at radius 3 is 2.09 bits per heavy atom. The molecule has 1 fully saturated rings. The minimum Gasteiger partial charge on any atom is -0.465 e. The Morgan fingerprint density at radius 1 is 0.761 bits per heavy atom. The molecule has 5 heterocycles. The van der Waals surface area contributed by atoms with Crippen molar-refractivity contribution in [3.63, 3.8) is 0 Å². The van der Waals surface area contributed by atoms with E-state index in [2.05, 4.69) is 185 Å². The number of thioether (sulfide) groups is 1. The molecular formula is C94H114IN9O12S+2. The van der Waals surface area contributed by atoms with Crippen molar-refractivity contribution in [3.8, 4) is 0 Å². The molecule has 6 aliphatic rings. The van der Waals surface area contributed by atoms with Gasteiger partial charge in [0.1, 0.15) is 24.6 Å². The number of allylic oxidation sites excluding steroid dienone is 17. The largest absolute Gasteiger partial charge is 0.465 e. The minimum absolute atomic E-state index is 0.0327. The van der Waals surface area contributed by atoms with Crippen molar-refractivity contribution in [2.75, 3.05) is 77.0 Å². The first-order chi connectivity index (χ1) is 55.7. The first kappa shape index (κ1) is 89.7. The van der Waals surface area contributed by atoms with Crippen LogP contribution in [0.4, 0.5) is 17.1 Å². The zero-order valence-electron chi connectivity index (χ0n) is 70.4. The van der Waals surface area contributed by atoms with Crippen molar-refractivity contribution >= 4 is 121 Å². The summed E-state index contributed by atoms with van der Waals surface area (Å²) in [4.78, 5) is 103. The molecule has 23 heteroatoms. The topological polar surface area (TPSA) is 242 Å². The van der Waals surface area contributed by atoms with Crippen LogP contribution in [-0.4, -0.2) is 169 Å². The van der Waals surface area contributed by atoms with Crippen LogP contribution in [0.25, 0.3) is 15.6 Å². The number of ketones is 1. The van der Waals surface area contributed by atoms with Gasteiger partial charge in [-0.15, -0.1) is 11.8 Å². The summed E-state index contributed by atoms with van der Waals surface area (Å²) in [5.74, 6) is 1.53. The quantitative estimate of drug-likeness (QED) is 0.00312. The van der Waals surface area contributed by atoms with Crippen molar-refractivity contribution in [1.82, 2.24) is 20.9 Å². The monoisotopic (exact) mass is 1720 g/mol. The number of fused-ring (bicyclic) bond motifs is 5. The lowest BCUT2D eigenvalue weighted by atomic mass is 9.74. The molecule has 4 unspecified atom stereocenters. The molecule has 0 radical (unpaired) electrons. The number of rotatable bonds is 38. The number of Topliss-reactive ketones (excluding diaryl/α,β-unsaturated/α-hetero) is 1. The Hall–Kier alpha value is -9.67. The maximum atomic E-state index is 14.8. The Labute approximate surface area is 707 Å². The van der Waals surface area contributed by atoms with E-state index in [1.165, 1.54) is 26.1 Å². The second kappa shape index (κ2) is 39.3. The van der Waals surface area contributed by atoms with Crippen LogP contribution >= 0.6 is 34.4 Å². The Balaban J connectivity index is 0.669. The van der Waals surface area contributed by atoms with E-state index < -0.39 is 52.1 Å². The second-order valence-corrected chi connectivity index (χ2v) is 36.2. The number of ether oxygens (including phenoxy) is 5. The minimum atomic E-state index is -1.11. The summed E-state index contributed by atoms with van der Waals surface area (Å²) in [6, 6.07) is 25.8. The van der Waals surface area contributed by atoms with E-state index >= 15 is 0 Å². The third kappa shape index (κ3) is 20.5. The fraction of sp³-hybridized carbons (Fsp3) is 0.447. The number of imide groups is 1. The third-order valence-electron chi connectivity index (χ3n) is 22.2. The Bertz CT molecular complexity index is 4950. The van der Waals surface area contributed by atoms with Gasteiger partial charge in [0, 0.05) is 116 Å². The van der Waals surface area contributed by atoms with Gasteiger partial charge in [0.2, 0.25) is 41.0 Å². The standard InChI is InChI=1S/C94H112IN9O12S/c1-17-19-33-73(103-71-35-29-28-32-67(71)92(9,10)78(103)56-66-84(69(58-96)97-15)65(86(66)108)52-61-53-79(90(3,4)5)116-80(54-61)91(6,7)8)87(109)98-43-45-102-83(107)57-75(89(102)111)117-59-82(115-60-105)100-81(106)42-46-112-48-50-114-51-49-113-47-44-99-88(110)74(34-20-18-2)104-72-40-38-62-30-26-27-31-64(62)85(72)94(13,14)77(104)37-25-23-21-22-24-36-76-93(11,12)68-55-63(95)39-41-70(68)101(76)16/h21-32,35-41,52-56,60,73-75,82,96H,17-20,33-34,42-51,57,59H2,1-14,16H3,(H-2,98,99,100,106,109,110)/p+2. The fourth-order valence-electron chi connectivity index (χ4n) is 15.9. The molecule has 117 heavy (non-hydrogen) atoms. The summed E-state index contributed by atoms with van der Waals surface area (Å²) in [5.41, 5.74) is 8.67. The van der Waals surface area contributed by atoms with Crippen LogP contribution in [0.1, 0.15) is 165 Å². The summed E-state index contributed by atoms with van der Waals surface area (Å²) < 4.78 is 34.4. The molecule has 1 saturated heterocycles. The Kier molecular flexibility index (Phi) is 30.1. The molecule has 4 atom stereocenters. The number of carbonyl (C=O) groups excluding carboxylic acids is 7. The van der Waals surface area contributed by atoms with Crippen LogP contribution < -0.4 is 20.9 Å². The van der Waals surface area contributed by atoms with E-state index in [0.29, 0.717) is 37.1 Å². The molecule has 5 amide bonds. The maximum absolute atomic E-state index is 14.8. The van der Waals surface area contributed by atoms with E-state index in [1.54, 1.807) is 12.2 Å². The van der Waals surface area contributed by atoms with Gasteiger partial charge in [-0.1, -0.05) is 167 Å². The number of para-hydroxylation sites is 1. The number of hydrogen-bond acceptors (Lipinski definition) is 15. The normalized spacial score (nSPS) is 18.9. The predicted molar refractivity (Wildman–Crippen MR) is 471 cm³/mol. The van der Waals surface area contributed by atoms with Crippen LogP contribution in [0, 0.1) is 26.4 Å². The van der Waals surface area contributed by atoms with Crippen LogP contribution in [0.2, 0.25) is 0 Å². The van der Waals surface area contributed by atoms with Gasteiger partial charge >= 0.3 is 0 Å². The summed E-state index contributed by atoms with van der Waals surface area (Å²) in [6.07, 6.45) is 24.9. The molecule has 5 aliphatic heterocycles. The molecule has 0 saturated carbocycles. The number of nitrogens with zero attached hydrogens (tertiary/aromatic N) is 5. The maximum Gasteiger partial charge on any atom is 0.295 e. The first-order valence-electron chi connectivity index (χ1n) is 40.6. The van der Waals surface area contributed by atoms with E-state index in [4.69, 9.17) is 35.7 Å². The number of halogens is 1. The van der Waals surface area contributed by atoms with Gasteiger partial charge in [0.05, 0.1) is 74.5 Å². The van der Waals surface area contributed by atoms with Crippen LogP contribution in [0.3, 0.4) is 0 Å². The highest BCUT2D eigenvalue weighted by Crippen LogP contribution is 2.53. The second-order valence-electron chi connectivity index (χ2n) is 33.7. The predicted octanol–water partition coefficient (Wildman–Crippen LogP) is 15.8. The zero-order chi connectivity index (χ0) is 84.7. The van der Waals surface area contributed by atoms with E-state index in [1.807, 2.05) is 115 Å². The fourth-order valence-corrected chi connectivity index (χ4v) is 17.5. The number of benzene rings is 4. The van der Waals surface area contributed by atoms with Crippen molar-refractivity contribution in [2.45, 2.75) is 188 Å². The van der Waals surface area contributed by atoms with Gasteiger partial charge in [0.25, 0.3) is 18.1 Å². The number of nitrogens with one attached hydrogen (secondary N) is 4. The molecular weight excluding hydrogens is 1610 g/mol. The summed E-state index contributed by atoms with van der Waals surface area (Å²) in [5, 5.41) is 18.5. The van der Waals surface area contributed by atoms with Gasteiger partial charge in [-0.3, -0.25) is 43.9 Å². The summed E-state index contributed by atoms with van der Waals surface area (Å²) in [7, 11) is 2.13.